The maximum Gasteiger partial charge on any atom is 0.233 e. The Morgan fingerprint density at radius 2 is 1.87 bits per heavy atom. The minimum Gasteiger partial charge on any atom is -0.492 e. The van der Waals surface area contributed by atoms with Gasteiger partial charge in [-0.3, -0.25) is 4.79 Å². The summed E-state index contributed by atoms with van der Waals surface area (Å²) in [6.07, 6.45) is 0. The third-order valence-electron chi connectivity index (χ3n) is 3.57. The van der Waals surface area contributed by atoms with E-state index in [-0.39, 0.29) is 11.2 Å². The number of aryl methyl sites for hydroxylation is 2. The van der Waals surface area contributed by atoms with Crippen LogP contribution in [-0.4, -0.2) is 24.3 Å². The van der Waals surface area contributed by atoms with Gasteiger partial charge in [-0.25, -0.2) is 0 Å². The first kappa shape index (κ1) is 17.4. The SMILES string of the molecule is Cc1ccc(OCCNC(=O)[C@H](C)Sc2ccccc2)cc1C. The summed E-state index contributed by atoms with van der Waals surface area (Å²) in [5.74, 6) is 0.872. The van der Waals surface area contributed by atoms with Crippen LogP contribution in [0.5, 0.6) is 5.75 Å². The Hall–Kier alpha value is -1.94. The van der Waals surface area contributed by atoms with Crippen molar-refractivity contribution in [3.05, 3.63) is 59.7 Å². The van der Waals surface area contributed by atoms with Crippen molar-refractivity contribution in [1.29, 1.82) is 0 Å². The fourth-order valence-corrected chi connectivity index (χ4v) is 2.96. The van der Waals surface area contributed by atoms with Crippen LogP contribution in [0.25, 0.3) is 0 Å². The Morgan fingerprint density at radius 1 is 1.13 bits per heavy atom. The van der Waals surface area contributed by atoms with Gasteiger partial charge in [-0.15, -0.1) is 11.8 Å². The molecule has 23 heavy (non-hydrogen) atoms. The van der Waals surface area contributed by atoms with Crippen molar-refractivity contribution < 1.29 is 9.53 Å². The molecule has 3 nitrogen and oxygen atoms in total. The number of carbonyl (C=O) groups is 1. The number of hydrogen-bond acceptors (Lipinski definition) is 3. The third-order valence-corrected chi connectivity index (χ3v) is 4.69. The zero-order valence-electron chi connectivity index (χ0n) is 13.8. The first-order valence-corrected chi connectivity index (χ1v) is 8.63. The van der Waals surface area contributed by atoms with E-state index >= 15 is 0 Å². The van der Waals surface area contributed by atoms with Crippen molar-refractivity contribution in [2.45, 2.75) is 30.9 Å². The van der Waals surface area contributed by atoms with Gasteiger partial charge in [0.2, 0.25) is 5.91 Å². The van der Waals surface area contributed by atoms with Gasteiger partial charge in [-0.1, -0.05) is 24.3 Å². The van der Waals surface area contributed by atoms with Crippen molar-refractivity contribution >= 4 is 17.7 Å². The number of thioether (sulfide) groups is 1. The molecular weight excluding hydrogens is 306 g/mol. The molecule has 1 amide bonds. The van der Waals surface area contributed by atoms with Crippen molar-refractivity contribution in [3.63, 3.8) is 0 Å². The second-order valence-corrected chi connectivity index (χ2v) is 6.87. The molecule has 0 aliphatic rings. The highest BCUT2D eigenvalue weighted by Crippen LogP contribution is 2.22. The Labute approximate surface area is 142 Å². The van der Waals surface area contributed by atoms with Crippen LogP contribution in [0.3, 0.4) is 0 Å². The number of amides is 1. The molecule has 0 saturated carbocycles. The molecule has 0 fully saturated rings. The molecule has 0 heterocycles. The fourth-order valence-electron chi connectivity index (χ4n) is 2.05. The monoisotopic (exact) mass is 329 g/mol. The lowest BCUT2D eigenvalue weighted by Crippen LogP contribution is -2.33. The standard InChI is InChI=1S/C19H23NO2S/c1-14-9-10-17(13-15(14)2)22-12-11-20-19(21)16(3)23-18-7-5-4-6-8-18/h4-10,13,16H,11-12H2,1-3H3,(H,20,21)/t16-/m0/s1. The molecule has 4 heteroatoms. The Balaban J connectivity index is 1.71. The van der Waals surface area contributed by atoms with Crippen LogP contribution < -0.4 is 10.1 Å². The fraction of sp³-hybridized carbons (Fsp3) is 0.316. The zero-order chi connectivity index (χ0) is 16.7. The summed E-state index contributed by atoms with van der Waals surface area (Å²) in [6.45, 7) is 7.02. The predicted octanol–water partition coefficient (Wildman–Crippen LogP) is 3.98. The zero-order valence-corrected chi connectivity index (χ0v) is 14.7. The molecular formula is C19H23NO2S. The van der Waals surface area contributed by atoms with E-state index in [9.17, 15) is 4.79 Å². The van der Waals surface area contributed by atoms with Crippen molar-refractivity contribution in [3.8, 4) is 5.75 Å². The molecule has 1 atom stereocenters. The highest BCUT2D eigenvalue weighted by atomic mass is 32.2. The quantitative estimate of drug-likeness (QED) is 0.617. The third kappa shape index (κ3) is 5.64. The summed E-state index contributed by atoms with van der Waals surface area (Å²) in [7, 11) is 0. The van der Waals surface area contributed by atoms with Gasteiger partial charge in [0.1, 0.15) is 12.4 Å². The van der Waals surface area contributed by atoms with Gasteiger partial charge in [0.25, 0.3) is 0 Å². The Kier molecular flexibility index (Phi) is 6.53. The second-order valence-electron chi connectivity index (χ2n) is 5.46. The van der Waals surface area contributed by atoms with Gasteiger partial charge in [-0.05, 0) is 56.2 Å². The van der Waals surface area contributed by atoms with Crippen molar-refractivity contribution in [1.82, 2.24) is 5.32 Å². The lowest BCUT2D eigenvalue weighted by Gasteiger charge is -2.13. The number of hydrogen-bond donors (Lipinski definition) is 1. The van der Waals surface area contributed by atoms with E-state index in [1.165, 1.54) is 11.1 Å². The van der Waals surface area contributed by atoms with Gasteiger partial charge in [0, 0.05) is 4.90 Å². The first-order chi connectivity index (χ1) is 11.1. The largest absolute Gasteiger partial charge is 0.492 e. The number of benzene rings is 2. The molecule has 0 spiro atoms. The highest BCUT2D eigenvalue weighted by Gasteiger charge is 2.13. The number of rotatable bonds is 7. The summed E-state index contributed by atoms with van der Waals surface area (Å²) in [4.78, 5) is 13.2. The smallest absolute Gasteiger partial charge is 0.233 e. The van der Waals surface area contributed by atoms with E-state index in [0.29, 0.717) is 13.2 Å². The number of nitrogens with one attached hydrogen (secondary N) is 1. The van der Waals surface area contributed by atoms with Gasteiger partial charge >= 0.3 is 0 Å². The van der Waals surface area contributed by atoms with Crippen molar-refractivity contribution in [2.75, 3.05) is 13.2 Å². The number of ether oxygens (including phenoxy) is 1. The van der Waals surface area contributed by atoms with Gasteiger partial charge in [0.15, 0.2) is 0 Å². The summed E-state index contributed by atoms with van der Waals surface area (Å²) in [5.41, 5.74) is 2.46. The van der Waals surface area contributed by atoms with Crippen molar-refractivity contribution in [2.24, 2.45) is 0 Å². The molecule has 2 aromatic rings. The molecule has 1 N–H and O–H groups in total. The molecule has 0 unspecified atom stereocenters. The van der Waals surface area contributed by atoms with Gasteiger partial charge in [-0.2, -0.15) is 0 Å². The normalized spacial score (nSPS) is 11.8. The lowest BCUT2D eigenvalue weighted by molar-refractivity contribution is -0.120. The van der Waals surface area contributed by atoms with Crippen LogP contribution in [0.15, 0.2) is 53.4 Å². The highest BCUT2D eigenvalue weighted by molar-refractivity contribution is 8.00. The van der Waals surface area contributed by atoms with Crippen LogP contribution >= 0.6 is 11.8 Å². The molecule has 2 rings (SSSR count). The first-order valence-electron chi connectivity index (χ1n) is 7.76. The van der Waals surface area contributed by atoms with Crippen LogP contribution in [0.1, 0.15) is 18.1 Å². The van der Waals surface area contributed by atoms with Crippen LogP contribution in [0.4, 0.5) is 0 Å². The van der Waals surface area contributed by atoms with Crippen LogP contribution in [-0.2, 0) is 4.79 Å². The van der Waals surface area contributed by atoms with E-state index in [1.807, 2.05) is 55.5 Å². The molecule has 0 radical (unpaired) electrons. The summed E-state index contributed by atoms with van der Waals surface area (Å²) in [5, 5.41) is 2.79. The molecule has 0 aliphatic heterocycles. The molecule has 0 aliphatic carbocycles. The lowest BCUT2D eigenvalue weighted by atomic mass is 10.1. The molecule has 0 bridgehead atoms. The Bertz CT molecular complexity index is 643. The van der Waals surface area contributed by atoms with E-state index in [2.05, 4.69) is 19.2 Å². The van der Waals surface area contributed by atoms with Crippen LogP contribution in [0.2, 0.25) is 0 Å². The second kappa shape index (κ2) is 8.63. The van der Waals surface area contributed by atoms with Crippen LogP contribution in [0, 0.1) is 13.8 Å². The van der Waals surface area contributed by atoms with Gasteiger partial charge < -0.3 is 10.1 Å². The average Bonchev–Trinajstić information content (AvgIpc) is 2.55. The average molecular weight is 329 g/mol. The van der Waals surface area contributed by atoms with E-state index in [4.69, 9.17) is 4.74 Å². The van der Waals surface area contributed by atoms with E-state index < -0.39 is 0 Å². The topological polar surface area (TPSA) is 38.3 Å². The van der Waals surface area contributed by atoms with E-state index in [0.717, 1.165) is 10.6 Å². The Morgan fingerprint density at radius 3 is 2.57 bits per heavy atom. The molecule has 0 saturated heterocycles. The molecule has 0 aromatic heterocycles. The van der Waals surface area contributed by atoms with E-state index in [1.54, 1.807) is 11.8 Å². The molecule has 122 valence electrons. The summed E-state index contributed by atoms with van der Waals surface area (Å²) in [6, 6.07) is 16.0. The number of carbonyl (C=O) groups excluding carboxylic acids is 1. The molecule has 2 aromatic carbocycles. The minimum atomic E-state index is -0.126. The maximum absolute atomic E-state index is 12.1. The maximum atomic E-state index is 12.1. The summed E-state index contributed by atoms with van der Waals surface area (Å²) >= 11 is 1.56. The summed E-state index contributed by atoms with van der Waals surface area (Å²) < 4.78 is 5.67. The minimum absolute atomic E-state index is 0.0301. The predicted molar refractivity (Wildman–Crippen MR) is 96.2 cm³/mol. The van der Waals surface area contributed by atoms with Gasteiger partial charge in [0.05, 0.1) is 11.8 Å².